The van der Waals surface area contributed by atoms with Gasteiger partial charge in [0.05, 0.1) is 18.2 Å². The number of aliphatic carboxylic acids is 1. The molecule has 220 valence electrons. The Morgan fingerprint density at radius 1 is 0.950 bits per heavy atom. The maximum atomic E-state index is 13.0. The van der Waals surface area contributed by atoms with Gasteiger partial charge in [-0.15, -0.1) is 0 Å². The van der Waals surface area contributed by atoms with Gasteiger partial charge in [0.1, 0.15) is 18.1 Å². The molecule has 2 aromatic rings. The molecule has 0 aliphatic rings. The molecule has 6 atom stereocenters. The van der Waals surface area contributed by atoms with Gasteiger partial charge in [-0.2, -0.15) is 0 Å². The Labute approximate surface area is 230 Å². The number of aromatic amines is 1. The molecular weight excluding hydrogens is 524 g/mol. The van der Waals surface area contributed by atoms with Gasteiger partial charge in [0.2, 0.25) is 17.7 Å². The van der Waals surface area contributed by atoms with Crippen molar-refractivity contribution in [1.82, 2.24) is 20.9 Å². The highest BCUT2D eigenvalue weighted by molar-refractivity contribution is 5.95. The highest BCUT2D eigenvalue weighted by Gasteiger charge is 2.34. The van der Waals surface area contributed by atoms with Crippen LogP contribution in [0.3, 0.4) is 0 Å². The molecule has 0 saturated carbocycles. The zero-order chi connectivity index (χ0) is 30.0. The minimum absolute atomic E-state index is 0.0288. The van der Waals surface area contributed by atoms with Gasteiger partial charge in [-0.3, -0.25) is 19.4 Å². The number of H-pyrrole nitrogens is 1. The van der Waals surface area contributed by atoms with Crippen molar-refractivity contribution in [2.24, 2.45) is 22.2 Å². The summed E-state index contributed by atoms with van der Waals surface area (Å²) in [5.41, 5.74) is 18.2. The molecule has 13 N–H and O–H groups in total. The van der Waals surface area contributed by atoms with Crippen molar-refractivity contribution in [2.75, 3.05) is 6.54 Å². The number of aromatic nitrogens is 1. The largest absolute Gasteiger partial charge is 0.480 e. The Bertz CT molecular complexity index is 1210. The minimum atomic E-state index is -1.59. The van der Waals surface area contributed by atoms with Crippen LogP contribution in [0.5, 0.6) is 0 Å². The number of nitrogens with two attached hydrogens (primary N) is 3. The summed E-state index contributed by atoms with van der Waals surface area (Å²) in [7, 11) is 0. The highest BCUT2D eigenvalue weighted by atomic mass is 16.4. The van der Waals surface area contributed by atoms with Gasteiger partial charge in [0, 0.05) is 23.6 Å². The number of carboxylic acid groups (broad SMARTS) is 1. The second-order valence-corrected chi connectivity index (χ2v) is 9.47. The van der Waals surface area contributed by atoms with Gasteiger partial charge in [-0.25, -0.2) is 4.79 Å². The zero-order valence-electron chi connectivity index (χ0n) is 22.3. The van der Waals surface area contributed by atoms with Gasteiger partial charge in [0.15, 0.2) is 5.96 Å². The number of nitrogens with zero attached hydrogens (tertiary/aromatic N) is 1. The summed E-state index contributed by atoms with van der Waals surface area (Å²) in [5, 5.41) is 37.6. The lowest BCUT2D eigenvalue weighted by Crippen LogP contribution is -2.62. The maximum Gasteiger partial charge on any atom is 0.326 e. The van der Waals surface area contributed by atoms with Crippen LogP contribution in [0.15, 0.2) is 35.5 Å². The van der Waals surface area contributed by atoms with E-state index in [1.807, 2.05) is 24.3 Å². The van der Waals surface area contributed by atoms with Gasteiger partial charge in [-0.05, 0) is 44.7 Å². The van der Waals surface area contributed by atoms with E-state index in [0.29, 0.717) is 0 Å². The molecule has 6 unspecified atom stereocenters. The Morgan fingerprint density at radius 2 is 1.52 bits per heavy atom. The quantitative estimate of drug-likeness (QED) is 0.0613. The molecule has 40 heavy (non-hydrogen) atoms. The van der Waals surface area contributed by atoms with Gasteiger partial charge >= 0.3 is 5.97 Å². The second kappa shape index (κ2) is 14.8. The van der Waals surface area contributed by atoms with Crippen LogP contribution in [-0.2, 0) is 25.6 Å². The predicted octanol–water partition coefficient (Wildman–Crippen LogP) is -2.61. The Balaban J connectivity index is 2.04. The molecule has 1 aromatic carbocycles. The maximum absolute atomic E-state index is 13.0. The number of aliphatic hydroxyl groups excluding tert-OH is 2. The van der Waals surface area contributed by atoms with E-state index < -0.39 is 60.1 Å². The predicted molar refractivity (Wildman–Crippen MR) is 147 cm³/mol. The molecule has 0 fully saturated rings. The van der Waals surface area contributed by atoms with Crippen LogP contribution in [-0.4, -0.2) is 92.9 Å². The van der Waals surface area contributed by atoms with Crippen molar-refractivity contribution in [3.63, 3.8) is 0 Å². The minimum Gasteiger partial charge on any atom is -0.480 e. The number of benzene rings is 1. The topological polar surface area (TPSA) is 271 Å². The summed E-state index contributed by atoms with van der Waals surface area (Å²) in [4.78, 5) is 57.0. The van der Waals surface area contributed by atoms with Crippen molar-refractivity contribution >= 4 is 40.6 Å². The van der Waals surface area contributed by atoms with Crippen molar-refractivity contribution in [1.29, 1.82) is 0 Å². The Hall–Kier alpha value is -4.21. The van der Waals surface area contributed by atoms with Gasteiger partial charge in [-0.1, -0.05) is 18.2 Å². The Morgan fingerprint density at radius 3 is 2.10 bits per heavy atom. The number of aliphatic imine (C=N–C) groups is 1. The monoisotopic (exact) mass is 562 g/mol. The fraction of sp³-hybridized carbons (Fsp3) is 0.480. The molecule has 0 saturated heterocycles. The van der Waals surface area contributed by atoms with Crippen LogP contribution < -0.4 is 33.2 Å². The average Bonchev–Trinajstić information content (AvgIpc) is 3.29. The molecule has 0 aliphatic carbocycles. The van der Waals surface area contributed by atoms with E-state index in [1.165, 1.54) is 13.8 Å². The van der Waals surface area contributed by atoms with Gasteiger partial charge in [0.25, 0.3) is 0 Å². The molecular formula is C25H38N8O7. The number of rotatable bonds is 15. The molecule has 3 amide bonds. The van der Waals surface area contributed by atoms with E-state index in [4.69, 9.17) is 17.2 Å². The molecule has 0 radical (unpaired) electrons. The van der Waals surface area contributed by atoms with Crippen molar-refractivity contribution in [3.8, 4) is 0 Å². The number of hydrogen-bond donors (Lipinski definition) is 10. The number of carbonyl (C=O) groups excluding carboxylic acids is 3. The van der Waals surface area contributed by atoms with E-state index in [0.717, 1.165) is 16.5 Å². The first-order valence-corrected chi connectivity index (χ1v) is 12.7. The van der Waals surface area contributed by atoms with Crippen LogP contribution in [0.2, 0.25) is 0 Å². The fourth-order valence-electron chi connectivity index (χ4n) is 3.97. The number of fused-ring (bicyclic) bond motifs is 1. The van der Waals surface area contributed by atoms with E-state index in [2.05, 4.69) is 25.9 Å². The molecule has 1 aromatic heterocycles. The normalized spacial score (nSPS) is 15.6. The number of aliphatic hydroxyl groups is 2. The number of amides is 3. The van der Waals surface area contributed by atoms with E-state index in [-0.39, 0.29) is 31.8 Å². The summed E-state index contributed by atoms with van der Waals surface area (Å²) in [6.07, 6.45) is -0.774. The first-order valence-electron chi connectivity index (χ1n) is 12.7. The van der Waals surface area contributed by atoms with Crippen LogP contribution >= 0.6 is 0 Å². The van der Waals surface area contributed by atoms with Crippen LogP contribution in [0.4, 0.5) is 0 Å². The van der Waals surface area contributed by atoms with E-state index in [1.54, 1.807) is 6.20 Å². The van der Waals surface area contributed by atoms with Crippen LogP contribution in [0, 0.1) is 0 Å². The fourth-order valence-corrected chi connectivity index (χ4v) is 3.97. The van der Waals surface area contributed by atoms with E-state index in [9.17, 15) is 34.5 Å². The van der Waals surface area contributed by atoms with Gasteiger partial charge < -0.3 is 53.5 Å². The number of nitrogens with one attached hydrogen (secondary N) is 4. The molecule has 0 spiro atoms. The summed E-state index contributed by atoms with van der Waals surface area (Å²) in [6.45, 7) is 2.60. The zero-order valence-corrected chi connectivity index (χ0v) is 22.3. The standard InChI is InChI=1S/C25H38N8O7/c1-12(34)19(22(37)31-18(24(39)40)8-5-9-29-25(27)28)33-23(38)20(13(2)35)32-21(36)16(26)10-14-11-30-17-7-4-3-6-15(14)17/h3-4,6-7,11-13,16,18-20,30,34-35H,5,8-10,26H2,1-2H3,(H,31,37)(H,32,36)(H,33,38)(H,39,40)(H4,27,28,29). The second-order valence-electron chi connectivity index (χ2n) is 9.47. The molecule has 2 rings (SSSR count). The Kier molecular flexibility index (Phi) is 11.8. The van der Waals surface area contributed by atoms with Crippen molar-refractivity contribution in [2.45, 2.75) is 69.5 Å². The third-order valence-corrected chi connectivity index (χ3v) is 6.14. The number of carbonyl (C=O) groups is 4. The number of guanidine groups is 1. The molecule has 15 nitrogen and oxygen atoms in total. The van der Waals surface area contributed by atoms with Crippen LogP contribution in [0.1, 0.15) is 32.3 Å². The molecule has 15 heteroatoms. The molecule has 1 heterocycles. The molecule has 0 bridgehead atoms. The van der Waals surface area contributed by atoms with Crippen LogP contribution in [0.25, 0.3) is 10.9 Å². The number of carboxylic acids is 1. The first kappa shape index (κ1) is 32.0. The number of hydrogen-bond acceptors (Lipinski definition) is 8. The average molecular weight is 563 g/mol. The molecule has 0 aliphatic heterocycles. The first-order chi connectivity index (χ1) is 18.8. The highest BCUT2D eigenvalue weighted by Crippen LogP contribution is 2.18. The third kappa shape index (κ3) is 9.21. The smallest absolute Gasteiger partial charge is 0.326 e. The summed E-state index contributed by atoms with van der Waals surface area (Å²) >= 11 is 0. The van der Waals surface area contributed by atoms with Crippen molar-refractivity contribution in [3.05, 3.63) is 36.0 Å². The number of para-hydroxylation sites is 1. The summed E-state index contributed by atoms with van der Waals surface area (Å²) in [6, 6.07) is 1.92. The SMILES string of the molecule is CC(O)C(NC(=O)C(N)Cc1c[nH]c2ccccc12)C(=O)NC(C(=O)NC(CCCN=C(N)N)C(=O)O)C(C)O. The van der Waals surface area contributed by atoms with Crippen molar-refractivity contribution < 1.29 is 34.5 Å². The third-order valence-electron chi connectivity index (χ3n) is 6.14. The summed E-state index contributed by atoms with van der Waals surface area (Å²) in [5.74, 6) is -4.19. The lowest BCUT2D eigenvalue weighted by molar-refractivity contribution is -0.143. The summed E-state index contributed by atoms with van der Waals surface area (Å²) < 4.78 is 0. The lowest BCUT2D eigenvalue weighted by atomic mass is 10.0. The van der Waals surface area contributed by atoms with E-state index >= 15 is 0 Å². The lowest BCUT2D eigenvalue weighted by Gasteiger charge is -2.27.